The molecule has 1 fully saturated rings. The van der Waals surface area contributed by atoms with Gasteiger partial charge in [0.05, 0.1) is 22.0 Å². The highest BCUT2D eigenvalue weighted by Gasteiger charge is 2.44. The van der Waals surface area contributed by atoms with Crippen LogP contribution in [0.25, 0.3) is 0 Å². The summed E-state index contributed by atoms with van der Waals surface area (Å²) in [6.07, 6.45) is 4.55. The van der Waals surface area contributed by atoms with E-state index in [4.69, 9.17) is 4.74 Å². The van der Waals surface area contributed by atoms with E-state index in [0.717, 1.165) is 37.2 Å². The van der Waals surface area contributed by atoms with Crippen LogP contribution >= 0.6 is 30.6 Å². The van der Waals surface area contributed by atoms with E-state index in [1.165, 1.54) is 7.11 Å². The maximum atomic E-state index is 11.8. The number of ether oxygens (including phenoxy) is 1. The summed E-state index contributed by atoms with van der Waals surface area (Å²) in [5.41, 5.74) is -0.237. The van der Waals surface area contributed by atoms with E-state index in [-0.39, 0.29) is 23.4 Å². The van der Waals surface area contributed by atoms with Gasteiger partial charge in [-0.15, -0.1) is 0 Å². The second-order valence-electron chi connectivity index (χ2n) is 4.93. The molecule has 5 nitrogen and oxygen atoms in total. The van der Waals surface area contributed by atoms with Gasteiger partial charge in [0.15, 0.2) is 0 Å². The van der Waals surface area contributed by atoms with Gasteiger partial charge in [0.2, 0.25) is 0 Å². The standard InChI is InChI=1S/C12H23NO4P2S/c1-16-11(15)12(4-2-5-12)6-8-20-7-3-9(13-18)10(14)17-19/h9,13H,2-8,18-19H2,1H3. The predicted octanol–water partition coefficient (Wildman–Crippen LogP) is 1.92. The number of methoxy groups -OCH3 is 1. The number of esters is 1. The van der Waals surface area contributed by atoms with Gasteiger partial charge in [0.1, 0.15) is 6.04 Å². The number of carbonyl (C=O) groups is 2. The lowest BCUT2D eigenvalue weighted by Gasteiger charge is -2.38. The van der Waals surface area contributed by atoms with Crippen LogP contribution in [-0.4, -0.2) is 36.6 Å². The Balaban J connectivity index is 2.21. The first-order valence-electron chi connectivity index (χ1n) is 6.62. The molecule has 3 atom stereocenters. The van der Waals surface area contributed by atoms with Crippen LogP contribution in [-0.2, 0) is 18.8 Å². The first-order chi connectivity index (χ1) is 9.59. The van der Waals surface area contributed by atoms with Gasteiger partial charge in [-0.3, -0.25) is 14.7 Å². The van der Waals surface area contributed by atoms with Crippen LogP contribution in [0.4, 0.5) is 0 Å². The van der Waals surface area contributed by atoms with Crippen molar-refractivity contribution in [1.82, 2.24) is 5.09 Å². The highest BCUT2D eigenvalue weighted by atomic mass is 32.2. The molecule has 8 heteroatoms. The highest BCUT2D eigenvalue weighted by Crippen LogP contribution is 2.45. The lowest BCUT2D eigenvalue weighted by Crippen LogP contribution is -2.39. The monoisotopic (exact) mass is 339 g/mol. The zero-order valence-electron chi connectivity index (χ0n) is 11.7. The molecule has 0 bridgehead atoms. The highest BCUT2D eigenvalue weighted by molar-refractivity contribution is 7.99. The topological polar surface area (TPSA) is 64.6 Å². The molecule has 0 aromatic heterocycles. The van der Waals surface area contributed by atoms with Crippen molar-refractivity contribution in [2.75, 3.05) is 18.6 Å². The molecule has 1 aliphatic carbocycles. The van der Waals surface area contributed by atoms with Gasteiger partial charge in [-0.05, 0) is 37.2 Å². The van der Waals surface area contributed by atoms with Crippen molar-refractivity contribution in [3.63, 3.8) is 0 Å². The van der Waals surface area contributed by atoms with Crippen molar-refractivity contribution in [2.45, 2.75) is 38.1 Å². The summed E-state index contributed by atoms with van der Waals surface area (Å²) >= 11 is 1.76. The van der Waals surface area contributed by atoms with Crippen LogP contribution in [0.2, 0.25) is 0 Å². The average Bonchev–Trinajstić information content (AvgIpc) is 2.43. The minimum atomic E-state index is -0.303. The normalized spacial score (nSPS) is 17.9. The van der Waals surface area contributed by atoms with Gasteiger partial charge < -0.3 is 9.26 Å². The van der Waals surface area contributed by atoms with Gasteiger partial charge in [0.25, 0.3) is 0 Å². The lowest BCUT2D eigenvalue weighted by atomic mass is 9.67. The second-order valence-corrected chi connectivity index (χ2v) is 6.73. The molecule has 0 aromatic carbocycles. The summed E-state index contributed by atoms with van der Waals surface area (Å²) in [5.74, 6) is 1.41. The lowest BCUT2D eigenvalue weighted by molar-refractivity contribution is -0.158. The number of hydrogen-bond donors (Lipinski definition) is 1. The Morgan fingerprint density at radius 3 is 2.55 bits per heavy atom. The van der Waals surface area contributed by atoms with Crippen LogP contribution in [0.5, 0.6) is 0 Å². The zero-order chi connectivity index (χ0) is 15.0. The van der Waals surface area contributed by atoms with Crippen molar-refractivity contribution in [3.05, 3.63) is 0 Å². The maximum Gasteiger partial charge on any atom is 0.325 e. The van der Waals surface area contributed by atoms with Crippen molar-refractivity contribution >= 4 is 42.6 Å². The van der Waals surface area contributed by atoms with Gasteiger partial charge in [-0.2, -0.15) is 11.8 Å². The summed E-state index contributed by atoms with van der Waals surface area (Å²) in [6.45, 7) is 0. The Morgan fingerprint density at radius 1 is 1.40 bits per heavy atom. The van der Waals surface area contributed by atoms with Gasteiger partial charge in [-0.1, -0.05) is 15.8 Å². The third-order valence-corrected chi connectivity index (χ3v) is 5.46. The van der Waals surface area contributed by atoms with Gasteiger partial charge in [-0.25, -0.2) is 0 Å². The molecule has 1 aliphatic rings. The van der Waals surface area contributed by atoms with E-state index in [2.05, 4.69) is 19.0 Å². The largest absolute Gasteiger partial charge is 0.469 e. The van der Waals surface area contributed by atoms with Crippen LogP contribution in [0.1, 0.15) is 32.1 Å². The molecule has 116 valence electrons. The maximum absolute atomic E-state index is 11.8. The summed E-state index contributed by atoms with van der Waals surface area (Å²) in [5, 5.41) is 2.85. The molecule has 0 radical (unpaired) electrons. The van der Waals surface area contributed by atoms with E-state index in [1.807, 2.05) is 9.47 Å². The Labute approximate surface area is 129 Å². The average molecular weight is 339 g/mol. The predicted molar refractivity (Wildman–Crippen MR) is 87.3 cm³/mol. The first-order valence-corrected chi connectivity index (χ1v) is 8.83. The van der Waals surface area contributed by atoms with Gasteiger partial charge in [0, 0.05) is 0 Å². The van der Waals surface area contributed by atoms with E-state index in [0.29, 0.717) is 6.42 Å². The van der Waals surface area contributed by atoms with Crippen molar-refractivity contribution in [1.29, 1.82) is 0 Å². The molecular weight excluding hydrogens is 316 g/mol. The first kappa shape index (κ1) is 18.2. The van der Waals surface area contributed by atoms with Crippen molar-refractivity contribution in [3.8, 4) is 0 Å². The van der Waals surface area contributed by atoms with Crippen LogP contribution in [0, 0.1) is 5.41 Å². The molecule has 3 unspecified atom stereocenters. The van der Waals surface area contributed by atoms with Crippen molar-refractivity contribution in [2.24, 2.45) is 5.41 Å². The minimum Gasteiger partial charge on any atom is -0.469 e. The van der Waals surface area contributed by atoms with Gasteiger partial charge >= 0.3 is 11.9 Å². The third-order valence-electron chi connectivity index (χ3n) is 3.81. The summed E-state index contributed by atoms with van der Waals surface area (Å²) in [4.78, 5) is 23.1. The van der Waals surface area contributed by atoms with Crippen LogP contribution in [0.3, 0.4) is 0 Å². The zero-order valence-corrected chi connectivity index (χ0v) is 14.8. The quantitative estimate of drug-likeness (QED) is 0.393. The Bertz CT molecular complexity index is 339. The number of nitrogens with one attached hydrogen (secondary N) is 1. The van der Waals surface area contributed by atoms with E-state index in [9.17, 15) is 9.59 Å². The van der Waals surface area contributed by atoms with Crippen molar-refractivity contribution < 1.29 is 18.8 Å². The Kier molecular flexibility index (Phi) is 8.35. The molecule has 0 spiro atoms. The van der Waals surface area contributed by atoms with E-state index < -0.39 is 0 Å². The SMILES string of the molecule is COC(=O)C1(CCSCCC(NP)C(=O)OP)CCC1. The molecule has 20 heavy (non-hydrogen) atoms. The molecular formula is C12H23NO4P2S. The molecule has 0 heterocycles. The third kappa shape index (κ3) is 4.84. The Hall–Kier alpha value is 0.110. The fraction of sp³-hybridized carbons (Fsp3) is 0.833. The number of rotatable bonds is 9. The van der Waals surface area contributed by atoms with E-state index >= 15 is 0 Å². The molecule has 1 saturated carbocycles. The fourth-order valence-electron chi connectivity index (χ4n) is 2.30. The Morgan fingerprint density at radius 2 is 2.10 bits per heavy atom. The summed E-state index contributed by atoms with van der Waals surface area (Å²) < 4.78 is 9.51. The number of thioether (sulfide) groups is 1. The minimum absolute atomic E-state index is 0.0690. The molecule has 1 rings (SSSR count). The smallest absolute Gasteiger partial charge is 0.325 e. The fourth-order valence-corrected chi connectivity index (χ4v) is 3.91. The van der Waals surface area contributed by atoms with E-state index in [1.54, 1.807) is 11.8 Å². The second kappa shape index (κ2) is 9.19. The number of hydrogen-bond acceptors (Lipinski definition) is 6. The molecule has 0 aromatic rings. The molecule has 1 N–H and O–H groups in total. The number of carbonyl (C=O) groups excluding carboxylic acids is 2. The molecule has 0 aliphatic heterocycles. The molecule has 0 saturated heterocycles. The van der Waals surface area contributed by atoms with Crippen LogP contribution < -0.4 is 5.09 Å². The summed E-state index contributed by atoms with van der Waals surface area (Å²) in [6, 6.07) is -0.303. The summed E-state index contributed by atoms with van der Waals surface area (Å²) in [7, 11) is 5.76. The van der Waals surface area contributed by atoms with Crippen LogP contribution in [0.15, 0.2) is 0 Å². The molecule has 0 amide bonds.